The monoisotopic (exact) mass is 456 g/mol. The number of halogens is 1. The molecule has 0 saturated heterocycles. The van der Waals surface area contributed by atoms with Gasteiger partial charge in [-0.05, 0) is 49.2 Å². The molecule has 0 radical (unpaired) electrons. The van der Waals surface area contributed by atoms with Crippen molar-refractivity contribution in [2.45, 2.75) is 36.9 Å². The van der Waals surface area contributed by atoms with Crippen LogP contribution in [0, 0.1) is 0 Å². The molecule has 1 aromatic heterocycles. The number of benzene rings is 2. The molecule has 160 valence electrons. The Labute approximate surface area is 189 Å². The molecule has 0 spiro atoms. The number of thioether (sulfide) groups is 1. The van der Waals surface area contributed by atoms with Gasteiger partial charge >= 0.3 is 0 Å². The van der Waals surface area contributed by atoms with Crippen molar-refractivity contribution in [3.05, 3.63) is 59.1 Å². The van der Waals surface area contributed by atoms with Gasteiger partial charge in [0.1, 0.15) is 0 Å². The normalized spacial score (nSPS) is 13.8. The lowest BCUT2D eigenvalue weighted by Gasteiger charge is -2.14. The van der Waals surface area contributed by atoms with Gasteiger partial charge in [0.25, 0.3) is 11.1 Å². The molecular weight excluding hydrogens is 436 g/mol. The van der Waals surface area contributed by atoms with Crippen LogP contribution in [0.4, 0.5) is 5.69 Å². The highest BCUT2D eigenvalue weighted by Crippen LogP contribution is 2.25. The maximum atomic E-state index is 12.6. The summed E-state index contributed by atoms with van der Waals surface area (Å²) in [4.78, 5) is 25.1. The summed E-state index contributed by atoms with van der Waals surface area (Å²) < 4.78 is 5.60. The number of nitrogens with one attached hydrogen (secondary N) is 2. The van der Waals surface area contributed by atoms with E-state index in [0.29, 0.717) is 22.2 Å². The van der Waals surface area contributed by atoms with Crippen LogP contribution in [0.5, 0.6) is 0 Å². The predicted molar refractivity (Wildman–Crippen MR) is 120 cm³/mol. The van der Waals surface area contributed by atoms with Crippen LogP contribution in [-0.4, -0.2) is 33.8 Å². The van der Waals surface area contributed by atoms with Gasteiger partial charge in [-0.2, -0.15) is 0 Å². The molecule has 1 aliphatic rings. The lowest BCUT2D eigenvalue weighted by Crippen LogP contribution is -2.33. The molecule has 3 aromatic rings. The summed E-state index contributed by atoms with van der Waals surface area (Å²) in [7, 11) is 0. The Morgan fingerprint density at radius 2 is 1.81 bits per heavy atom. The molecule has 31 heavy (non-hydrogen) atoms. The summed E-state index contributed by atoms with van der Waals surface area (Å²) in [6, 6.07) is 14.2. The summed E-state index contributed by atoms with van der Waals surface area (Å²) in [5, 5.41) is 14.7. The van der Waals surface area contributed by atoms with Crippen LogP contribution >= 0.6 is 23.4 Å². The van der Waals surface area contributed by atoms with Crippen LogP contribution in [-0.2, 0) is 4.79 Å². The number of para-hydroxylation sites is 1. The zero-order chi connectivity index (χ0) is 21.6. The number of nitrogens with zero attached hydrogens (tertiary/aromatic N) is 2. The highest BCUT2D eigenvalue weighted by atomic mass is 35.5. The van der Waals surface area contributed by atoms with E-state index in [2.05, 4.69) is 20.8 Å². The van der Waals surface area contributed by atoms with Gasteiger partial charge in [0.2, 0.25) is 11.8 Å². The highest BCUT2D eigenvalue weighted by Gasteiger charge is 2.20. The molecule has 0 atom stereocenters. The Morgan fingerprint density at radius 1 is 1.06 bits per heavy atom. The van der Waals surface area contributed by atoms with E-state index in [0.717, 1.165) is 43.0 Å². The molecule has 0 bridgehead atoms. The minimum Gasteiger partial charge on any atom is -0.411 e. The maximum absolute atomic E-state index is 12.6. The summed E-state index contributed by atoms with van der Waals surface area (Å²) in [6.45, 7) is 0. The Kier molecular flexibility index (Phi) is 6.89. The third-order valence-corrected chi connectivity index (χ3v) is 6.03. The van der Waals surface area contributed by atoms with E-state index in [4.69, 9.17) is 16.0 Å². The zero-order valence-corrected chi connectivity index (χ0v) is 18.2. The number of carbonyl (C=O) groups excluding carboxylic acids is 2. The fraction of sp³-hybridized carbons (Fsp3) is 0.273. The molecular formula is C22H21ClN4O3S. The van der Waals surface area contributed by atoms with Crippen molar-refractivity contribution < 1.29 is 14.0 Å². The van der Waals surface area contributed by atoms with E-state index in [1.54, 1.807) is 48.5 Å². The van der Waals surface area contributed by atoms with Crippen molar-refractivity contribution in [3.8, 4) is 11.5 Å². The van der Waals surface area contributed by atoms with Gasteiger partial charge in [0.15, 0.2) is 0 Å². The lowest BCUT2D eigenvalue weighted by atomic mass is 10.1. The van der Waals surface area contributed by atoms with Crippen LogP contribution in [0.1, 0.15) is 36.0 Å². The third kappa shape index (κ3) is 5.65. The van der Waals surface area contributed by atoms with Crippen molar-refractivity contribution in [3.63, 3.8) is 0 Å². The number of rotatable bonds is 7. The maximum Gasteiger partial charge on any atom is 0.277 e. The summed E-state index contributed by atoms with van der Waals surface area (Å²) >= 11 is 7.02. The standard InChI is InChI=1S/C22H21ClN4O3S/c23-15-11-9-14(10-12-15)21-26-27-22(30-21)31-13-19(28)25-18-8-4-3-7-17(18)20(29)24-16-5-1-2-6-16/h3-4,7-12,16H,1-2,5-6,13H2,(H,24,29)(H,25,28). The van der Waals surface area contributed by atoms with Crippen LogP contribution in [0.15, 0.2) is 58.2 Å². The van der Waals surface area contributed by atoms with E-state index >= 15 is 0 Å². The first-order valence-corrected chi connectivity index (χ1v) is 11.4. The minimum atomic E-state index is -0.266. The van der Waals surface area contributed by atoms with Crippen LogP contribution in [0.2, 0.25) is 5.02 Å². The number of aromatic nitrogens is 2. The van der Waals surface area contributed by atoms with E-state index < -0.39 is 0 Å². The van der Waals surface area contributed by atoms with Gasteiger partial charge < -0.3 is 15.1 Å². The molecule has 1 fully saturated rings. The number of hydrogen-bond acceptors (Lipinski definition) is 6. The average molecular weight is 457 g/mol. The Bertz CT molecular complexity index is 1060. The molecule has 9 heteroatoms. The first-order valence-electron chi connectivity index (χ1n) is 10.0. The summed E-state index contributed by atoms with van der Waals surface area (Å²) in [6.07, 6.45) is 4.27. The Balaban J connectivity index is 1.34. The molecule has 2 aromatic carbocycles. The van der Waals surface area contributed by atoms with Gasteiger partial charge in [-0.15, -0.1) is 10.2 Å². The van der Waals surface area contributed by atoms with Crippen molar-refractivity contribution in [2.24, 2.45) is 0 Å². The minimum absolute atomic E-state index is 0.0703. The zero-order valence-electron chi connectivity index (χ0n) is 16.6. The van der Waals surface area contributed by atoms with Gasteiger partial charge in [-0.3, -0.25) is 9.59 Å². The highest BCUT2D eigenvalue weighted by molar-refractivity contribution is 7.99. The second-order valence-corrected chi connectivity index (χ2v) is 8.58. The van der Waals surface area contributed by atoms with E-state index in [-0.39, 0.29) is 28.8 Å². The predicted octanol–water partition coefficient (Wildman–Crippen LogP) is 4.79. The smallest absolute Gasteiger partial charge is 0.277 e. The van der Waals surface area contributed by atoms with Crippen molar-refractivity contribution in [2.75, 3.05) is 11.1 Å². The molecule has 2 N–H and O–H groups in total. The van der Waals surface area contributed by atoms with Crippen molar-refractivity contribution >= 4 is 40.9 Å². The fourth-order valence-corrected chi connectivity index (χ4v) is 4.10. The second-order valence-electron chi connectivity index (χ2n) is 7.22. The van der Waals surface area contributed by atoms with Gasteiger partial charge in [0.05, 0.1) is 17.0 Å². The van der Waals surface area contributed by atoms with E-state index in [1.165, 1.54) is 0 Å². The van der Waals surface area contributed by atoms with Gasteiger partial charge in [0, 0.05) is 16.6 Å². The SMILES string of the molecule is O=C(CSc1nnc(-c2ccc(Cl)cc2)o1)Nc1ccccc1C(=O)NC1CCCC1. The molecule has 1 saturated carbocycles. The van der Waals surface area contributed by atoms with Crippen molar-refractivity contribution in [1.82, 2.24) is 15.5 Å². The Morgan fingerprint density at radius 3 is 2.58 bits per heavy atom. The number of hydrogen-bond donors (Lipinski definition) is 2. The molecule has 7 nitrogen and oxygen atoms in total. The molecule has 1 heterocycles. The van der Waals surface area contributed by atoms with Gasteiger partial charge in [-0.25, -0.2) is 0 Å². The quantitative estimate of drug-likeness (QED) is 0.496. The van der Waals surface area contributed by atoms with E-state index in [1.807, 2.05) is 0 Å². The average Bonchev–Trinajstić information content (AvgIpc) is 3.45. The molecule has 0 unspecified atom stereocenters. The largest absolute Gasteiger partial charge is 0.411 e. The molecule has 0 aliphatic heterocycles. The first kappa shape index (κ1) is 21.4. The topological polar surface area (TPSA) is 97.1 Å². The molecule has 4 rings (SSSR count). The number of carbonyl (C=O) groups is 2. The van der Waals surface area contributed by atoms with Crippen LogP contribution in [0.25, 0.3) is 11.5 Å². The summed E-state index contributed by atoms with van der Waals surface area (Å²) in [5.41, 5.74) is 1.68. The lowest BCUT2D eigenvalue weighted by molar-refractivity contribution is -0.113. The van der Waals surface area contributed by atoms with Crippen molar-refractivity contribution in [1.29, 1.82) is 0 Å². The summed E-state index contributed by atoms with van der Waals surface area (Å²) in [5.74, 6) is -0.00767. The number of anilines is 1. The fourth-order valence-electron chi connectivity index (χ4n) is 3.41. The third-order valence-electron chi connectivity index (χ3n) is 4.96. The number of amides is 2. The first-order chi connectivity index (χ1) is 15.1. The second kappa shape index (κ2) is 9.98. The molecule has 1 aliphatic carbocycles. The van der Waals surface area contributed by atoms with Crippen LogP contribution < -0.4 is 10.6 Å². The van der Waals surface area contributed by atoms with Crippen LogP contribution in [0.3, 0.4) is 0 Å². The molecule has 2 amide bonds. The Hall–Kier alpha value is -2.84. The van der Waals surface area contributed by atoms with Gasteiger partial charge in [-0.1, -0.05) is 48.3 Å². The van der Waals surface area contributed by atoms with E-state index in [9.17, 15) is 9.59 Å².